The van der Waals surface area contributed by atoms with E-state index >= 15 is 0 Å². The van der Waals surface area contributed by atoms with Gasteiger partial charge in [0.1, 0.15) is 24.7 Å². The Morgan fingerprint density at radius 3 is 2.52 bits per heavy atom. The molecule has 0 atom stereocenters. The molecule has 0 aliphatic rings. The fraction of sp³-hybridized carbons (Fsp3) is 0.200. The quantitative estimate of drug-likeness (QED) is 0.563. The molecule has 3 rings (SSSR count). The van der Waals surface area contributed by atoms with Crippen LogP contribution in [0.5, 0.6) is 5.75 Å². The molecular weight excluding hydrogens is 341 g/mol. The minimum absolute atomic E-state index is 0. The first-order chi connectivity index (χ1) is 11.8. The summed E-state index contributed by atoms with van der Waals surface area (Å²) in [5.74, 6) is 0.498. The van der Waals surface area contributed by atoms with E-state index in [9.17, 15) is 4.39 Å². The number of halogens is 2. The number of hydrogen-bond donors (Lipinski definition) is 2. The van der Waals surface area contributed by atoms with Gasteiger partial charge in [0.05, 0.1) is 18.7 Å². The second kappa shape index (κ2) is 9.37. The SMILES string of the molecule is OCC[NH2+]Cc1c(OCc2ccccc2F)ccc2ccccc12.[Cl-]. The Labute approximate surface area is 152 Å². The topological polar surface area (TPSA) is 46.1 Å². The Morgan fingerprint density at radius 1 is 0.960 bits per heavy atom. The van der Waals surface area contributed by atoms with Gasteiger partial charge in [0.25, 0.3) is 0 Å². The molecular formula is C20H21ClFNO2. The molecule has 0 saturated heterocycles. The summed E-state index contributed by atoms with van der Waals surface area (Å²) in [7, 11) is 0. The average Bonchev–Trinajstić information content (AvgIpc) is 2.62. The van der Waals surface area contributed by atoms with Gasteiger partial charge >= 0.3 is 0 Å². The number of aliphatic hydroxyl groups excluding tert-OH is 1. The molecule has 3 aromatic rings. The summed E-state index contributed by atoms with van der Waals surface area (Å²) in [6.07, 6.45) is 0. The number of hydrogen-bond acceptors (Lipinski definition) is 2. The highest BCUT2D eigenvalue weighted by Gasteiger charge is 2.11. The summed E-state index contributed by atoms with van der Waals surface area (Å²) in [5, 5.41) is 13.3. The summed E-state index contributed by atoms with van der Waals surface area (Å²) >= 11 is 0. The summed E-state index contributed by atoms with van der Waals surface area (Å²) in [6, 6.07) is 18.7. The maximum absolute atomic E-state index is 13.8. The number of benzene rings is 3. The van der Waals surface area contributed by atoms with Crippen LogP contribution in [0.3, 0.4) is 0 Å². The molecule has 0 heterocycles. The second-order valence-corrected chi connectivity index (χ2v) is 5.65. The van der Waals surface area contributed by atoms with E-state index in [4.69, 9.17) is 9.84 Å². The predicted molar refractivity (Wildman–Crippen MR) is 92.3 cm³/mol. The van der Waals surface area contributed by atoms with E-state index in [0.29, 0.717) is 18.7 Å². The Morgan fingerprint density at radius 2 is 1.72 bits per heavy atom. The van der Waals surface area contributed by atoms with Crippen molar-refractivity contribution in [3.8, 4) is 5.75 Å². The van der Waals surface area contributed by atoms with Crippen molar-refractivity contribution in [2.75, 3.05) is 13.2 Å². The molecule has 0 aromatic heterocycles. The van der Waals surface area contributed by atoms with Crippen LogP contribution < -0.4 is 22.5 Å². The smallest absolute Gasteiger partial charge is 0.129 e. The van der Waals surface area contributed by atoms with E-state index in [1.54, 1.807) is 18.2 Å². The number of aliphatic hydroxyl groups is 1. The zero-order chi connectivity index (χ0) is 16.8. The van der Waals surface area contributed by atoms with E-state index in [1.165, 1.54) is 6.07 Å². The van der Waals surface area contributed by atoms with Crippen LogP contribution in [-0.2, 0) is 13.2 Å². The first-order valence-electron chi connectivity index (χ1n) is 8.09. The minimum Gasteiger partial charge on any atom is -1.00 e. The number of quaternary nitrogens is 1. The van der Waals surface area contributed by atoms with Crippen LogP contribution in [0, 0.1) is 5.82 Å². The fourth-order valence-electron chi connectivity index (χ4n) is 2.77. The van der Waals surface area contributed by atoms with Crippen LogP contribution in [0.15, 0.2) is 60.7 Å². The van der Waals surface area contributed by atoms with Crippen molar-refractivity contribution in [2.24, 2.45) is 0 Å². The fourth-order valence-corrected chi connectivity index (χ4v) is 2.77. The molecule has 3 N–H and O–H groups in total. The second-order valence-electron chi connectivity index (χ2n) is 5.65. The van der Waals surface area contributed by atoms with Crippen molar-refractivity contribution in [3.63, 3.8) is 0 Å². The molecule has 0 fully saturated rings. The highest BCUT2D eigenvalue weighted by Crippen LogP contribution is 2.28. The van der Waals surface area contributed by atoms with Crippen LogP contribution in [0.4, 0.5) is 4.39 Å². The third-order valence-corrected chi connectivity index (χ3v) is 4.02. The van der Waals surface area contributed by atoms with Gasteiger partial charge in [0, 0.05) is 5.56 Å². The summed E-state index contributed by atoms with van der Waals surface area (Å²) in [6.45, 7) is 1.67. The molecule has 25 heavy (non-hydrogen) atoms. The van der Waals surface area contributed by atoms with Crippen molar-refractivity contribution in [3.05, 3.63) is 77.6 Å². The summed E-state index contributed by atoms with van der Waals surface area (Å²) in [4.78, 5) is 0. The Kier molecular flexibility index (Phi) is 7.19. The zero-order valence-corrected chi connectivity index (χ0v) is 14.5. The minimum atomic E-state index is -0.258. The molecule has 5 heteroatoms. The van der Waals surface area contributed by atoms with Crippen molar-refractivity contribution in [1.82, 2.24) is 0 Å². The molecule has 3 aromatic carbocycles. The van der Waals surface area contributed by atoms with Crippen LogP contribution in [0.2, 0.25) is 0 Å². The van der Waals surface area contributed by atoms with Gasteiger partial charge in [-0.2, -0.15) is 0 Å². The van der Waals surface area contributed by atoms with E-state index in [1.807, 2.05) is 29.6 Å². The van der Waals surface area contributed by atoms with Gasteiger partial charge < -0.3 is 27.6 Å². The first-order valence-corrected chi connectivity index (χ1v) is 8.09. The molecule has 0 amide bonds. The lowest BCUT2D eigenvalue weighted by atomic mass is 10.0. The Balaban J connectivity index is 0.00000225. The third-order valence-electron chi connectivity index (χ3n) is 4.02. The van der Waals surface area contributed by atoms with E-state index in [2.05, 4.69) is 12.1 Å². The lowest BCUT2D eigenvalue weighted by Crippen LogP contribution is -3.00. The van der Waals surface area contributed by atoms with Crippen LogP contribution in [0.25, 0.3) is 10.8 Å². The van der Waals surface area contributed by atoms with E-state index in [0.717, 1.165) is 22.1 Å². The molecule has 0 unspecified atom stereocenters. The standard InChI is InChI=1S/C20H20FNO2.ClH/c21-19-8-4-2-6-16(19)14-24-20-10-9-15-5-1-3-7-17(15)18(20)13-22-11-12-23;/h1-10,22-23H,11-14H2;1H. The third kappa shape index (κ3) is 4.69. The average molecular weight is 362 g/mol. The van der Waals surface area contributed by atoms with E-state index in [-0.39, 0.29) is 31.4 Å². The van der Waals surface area contributed by atoms with Crippen LogP contribution in [-0.4, -0.2) is 18.3 Å². The number of fused-ring (bicyclic) bond motifs is 1. The van der Waals surface area contributed by atoms with Gasteiger partial charge in [0.2, 0.25) is 0 Å². The normalized spacial score (nSPS) is 10.5. The lowest BCUT2D eigenvalue weighted by molar-refractivity contribution is -0.671. The Bertz CT molecular complexity index is 826. The summed E-state index contributed by atoms with van der Waals surface area (Å²) in [5.41, 5.74) is 1.61. The Hall–Kier alpha value is -2.14. The highest BCUT2D eigenvalue weighted by molar-refractivity contribution is 5.87. The highest BCUT2D eigenvalue weighted by atomic mass is 35.5. The summed E-state index contributed by atoms with van der Waals surface area (Å²) < 4.78 is 19.7. The molecule has 0 radical (unpaired) electrons. The van der Waals surface area contributed by atoms with Crippen LogP contribution in [0.1, 0.15) is 11.1 Å². The van der Waals surface area contributed by atoms with Gasteiger partial charge in [0.15, 0.2) is 0 Å². The monoisotopic (exact) mass is 361 g/mol. The molecule has 0 aliphatic heterocycles. The van der Waals surface area contributed by atoms with E-state index < -0.39 is 0 Å². The first kappa shape index (κ1) is 19.2. The molecule has 0 saturated carbocycles. The number of ether oxygens (including phenoxy) is 1. The maximum Gasteiger partial charge on any atom is 0.129 e. The molecule has 3 nitrogen and oxygen atoms in total. The van der Waals surface area contributed by atoms with Crippen molar-refractivity contribution in [2.45, 2.75) is 13.2 Å². The number of rotatable bonds is 7. The largest absolute Gasteiger partial charge is 1.00 e. The number of nitrogens with two attached hydrogens (primary N) is 1. The maximum atomic E-state index is 13.8. The molecule has 132 valence electrons. The predicted octanol–water partition coefficient (Wildman–Crippen LogP) is -0.382. The van der Waals surface area contributed by atoms with Crippen molar-refractivity contribution >= 4 is 10.8 Å². The van der Waals surface area contributed by atoms with Crippen LogP contribution >= 0.6 is 0 Å². The van der Waals surface area contributed by atoms with Gasteiger partial charge in [-0.1, -0.05) is 48.5 Å². The van der Waals surface area contributed by atoms with Crippen molar-refractivity contribution < 1.29 is 32.0 Å². The van der Waals surface area contributed by atoms with Gasteiger partial charge in [-0.25, -0.2) is 4.39 Å². The lowest BCUT2D eigenvalue weighted by Gasteiger charge is -2.14. The van der Waals surface area contributed by atoms with Gasteiger partial charge in [-0.15, -0.1) is 0 Å². The van der Waals surface area contributed by atoms with Gasteiger partial charge in [-0.3, -0.25) is 0 Å². The molecule has 0 aliphatic carbocycles. The molecule has 0 spiro atoms. The molecule has 0 bridgehead atoms. The zero-order valence-electron chi connectivity index (χ0n) is 13.8. The van der Waals surface area contributed by atoms with Gasteiger partial charge in [-0.05, 0) is 22.9 Å². The van der Waals surface area contributed by atoms with Crippen molar-refractivity contribution in [1.29, 1.82) is 0 Å².